The normalized spacial score (nSPS) is 13.1. The van der Waals surface area contributed by atoms with Crippen LogP contribution in [0, 0.1) is 0 Å². The zero-order chi connectivity index (χ0) is 14.3. The predicted octanol–water partition coefficient (Wildman–Crippen LogP) is 2.27. The molecule has 0 saturated heterocycles. The summed E-state index contributed by atoms with van der Waals surface area (Å²) >= 11 is 5.15. The zero-order valence-corrected chi connectivity index (χ0v) is 11.1. The van der Waals surface area contributed by atoms with Crippen molar-refractivity contribution >= 4 is 23.7 Å². The van der Waals surface area contributed by atoms with E-state index >= 15 is 0 Å². The van der Waals surface area contributed by atoms with E-state index in [0.29, 0.717) is 0 Å². The van der Waals surface area contributed by atoms with Crippen molar-refractivity contribution in [2.75, 3.05) is 6.07 Å². The van der Waals surface area contributed by atoms with Crippen LogP contribution in [0.3, 0.4) is 0 Å². The minimum absolute atomic E-state index is 0.478. The van der Waals surface area contributed by atoms with Crippen molar-refractivity contribution in [3.8, 4) is 0 Å². The summed E-state index contributed by atoms with van der Waals surface area (Å²) in [6.45, 7) is 4.81. The Hall–Kier alpha value is -1.11. The monoisotopic (exact) mass is 287 g/mol. The minimum atomic E-state index is -2.77. The summed E-state index contributed by atoms with van der Waals surface area (Å²) in [5.74, 6) is -1.03. The molecule has 106 valence electrons. The summed E-state index contributed by atoms with van der Waals surface area (Å²) in [4.78, 5) is 22.6. The lowest BCUT2D eigenvalue weighted by molar-refractivity contribution is -0.145. The van der Waals surface area contributed by atoms with E-state index in [2.05, 4.69) is 4.74 Å². The molecule has 0 bridgehead atoms. The third kappa shape index (κ3) is 8.05. The lowest BCUT2D eigenvalue weighted by Crippen LogP contribution is -2.45. The maximum Gasteiger partial charge on any atom is 0.408 e. The van der Waals surface area contributed by atoms with Crippen LogP contribution in [0.15, 0.2) is 0 Å². The van der Waals surface area contributed by atoms with Crippen LogP contribution in [0.2, 0.25) is 0 Å². The molecule has 18 heavy (non-hydrogen) atoms. The fourth-order valence-electron chi connectivity index (χ4n) is 0.996. The molecule has 0 aliphatic rings. The highest BCUT2D eigenvalue weighted by atomic mass is 35.5. The van der Waals surface area contributed by atoms with E-state index in [4.69, 9.17) is 16.3 Å². The first kappa shape index (κ1) is 16.9. The first-order chi connectivity index (χ1) is 8.15. The molecular formula is C10H16ClF2NO4. The topological polar surface area (TPSA) is 64.6 Å². The van der Waals surface area contributed by atoms with Gasteiger partial charge < -0.3 is 14.8 Å². The van der Waals surface area contributed by atoms with Gasteiger partial charge in [-0.3, -0.25) is 0 Å². The van der Waals surface area contributed by atoms with Crippen molar-refractivity contribution in [1.82, 2.24) is 5.32 Å². The van der Waals surface area contributed by atoms with Gasteiger partial charge >= 0.3 is 12.1 Å². The molecule has 0 rings (SSSR count). The first-order valence-electron chi connectivity index (χ1n) is 5.16. The molecular weight excluding hydrogens is 272 g/mol. The maximum atomic E-state index is 12.2. The van der Waals surface area contributed by atoms with Gasteiger partial charge in [0.05, 0.1) is 0 Å². The second-order valence-electron chi connectivity index (χ2n) is 4.40. The van der Waals surface area contributed by atoms with E-state index in [1.54, 1.807) is 20.8 Å². The highest BCUT2D eigenvalue weighted by Gasteiger charge is 2.28. The Balaban J connectivity index is 4.49. The van der Waals surface area contributed by atoms with Gasteiger partial charge in [0.25, 0.3) is 0 Å². The lowest BCUT2D eigenvalue weighted by Gasteiger charge is -2.22. The molecule has 0 aromatic carbocycles. The summed E-state index contributed by atoms with van der Waals surface area (Å²) in [6, 6.07) is -1.97. The van der Waals surface area contributed by atoms with E-state index in [1.165, 1.54) is 0 Å². The number of nitrogens with one attached hydrogen (secondary N) is 1. The Labute approximate surface area is 109 Å². The molecule has 0 radical (unpaired) electrons. The predicted molar refractivity (Wildman–Crippen MR) is 60.6 cm³/mol. The fourth-order valence-corrected chi connectivity index (χ4v) is 1.10. The number of carbonyl (C=O) groups is 2. The number of hydrogen-bond donors (Lipinski definition) is 1. The Morgan fingerprint density at radius 2 is 1.89 bits per heavy atom. The number of carbonyl (C=O) groups excluding carboxylic acids is 2. The number of esters is 1. The van der Waals surface area contributed by atoms with Crippen LogP contribution in [0.25, 0.3) is 0 Å². The van der Waals surface area contributed by atoms with Crippen molar-refractivity contribution in [3.63, 3.8) is 0 Å². The molecule has 1 N–H and O–H groups in total. The van der Waals surface area contributed by atoms with Crippen molar-refractivity contribution in [3.05, 3.63) is 0 Å². The van der Waals surface area contributed by atoms with Crippen LogP contribution in [0.1, 0.15) is 27.2 Å². The Morgan fingerprint density at radius 1 is 1.33 bits per heavy atom. The van der Waals surface area contributed by atoms with Gasteiger partial charge in [0.2, 0.25) is 6.43 Å². The van der Waals surface area contributed by atoms with Gasteiger partial charge in [-0.1, -0.05) is 11.6 Å². The molecule has 1 amide bonds. The van der Waals surface area contributed by atoms with Crippen LogP contribution >= 0.6 is 11.6 Å². The van der Waals surface area contributed by atoms with E-state index in [0.717, 1.165) is 0 Å². The maximum absolute atomic E-state index is 12.2. The second kappa shape index (κ2) is 7.35. The molecule has 0 aliphatic heterocycles. The first-order valence-corrected chi connectivity index (χ1v) is 5.69. The van der Waals surface area contributed by atoms with Gasteiger partial charge in [-0.15, -0.1) is 0 Å². The summed E-state index contributed by atoms with van der Waals surface area (Å²) in [6.07, 6.45) is -4.61. The van der Waals surface area contributed by atoms with E-state index < -0.39 is 42.6 Å². The van der Waals surface area contributed by atoms with Crippen molar-refractivity contribution in [1.29, 1.82) is 0 Å². The van der Waals surface area contributed by atoms with Gasteiger partial charge in [0, 0.05) is 6.42 Å². The number of alkyl halides is 3. The van der Waals surface area contributed by atoms with E-state index in [1.807, 2.05) is 5.32 Å². The molecule has 0 aromatic heterocycles. The minimum Gasteiger partial charge on any atom is -0.448 e. The summed E-state index contributed by atoms with van der Waals surface area (Å²) in [7, 11) is 0. The molecule has 0 fully saturated rings. The fraction of sp³-hybridized carbons (Fsp3) is 0.800. The van der Waals surface area contributed by atoms with Crippen LogP contribution in [-0.2, 0) is 14.3 Å². The summed E-state index contributed by atoms with van der Waals surface area (Å²) < 4.78 is 33.7. The quantitative estimate of drug-likeness (QED) is 0.622. The second-order valence-corrected chi connectivity index (χ2v) is 4.62. The van der Waals surface area contributed by atoms with Gasteiger partial charge in [0.1, 0.15) is 11.6 Å². The molecule has 0 aromatic rings. The summed E-state index contributed by atoms with van der Waals surface area (Å²) in [5, 5.41) is 2.02. The number of hydrogen-bond acceptors (Lipinski definition) is 4. The number of amides is 1. The van der Waals surface area contributed by atoms with Crippen LogP contribution in [-0.4, -0.2) is 36.2 Å². The molecule has 5 nitrogen and oxygen atoms in total. The molecule has 0 aliphatic carbocycles. The average molecular weight is 288 g/mol. The highest BCUT2D eigenvalue weighted by Crippen LogP contribution is 2.10. The standard InChI is InChI=1S/C10H16ClF2NO4/c1-10(2,3)18-9(16)14-6(4-7(12)13)8(15)17-5-11/h6-7H,4-5H2,1-3H3,(H,14,16). The molecule has 1 atom stereocenters. The van der Waals surface area contributed by atoms with Gasteiger partial charge in [0.15, 0.2) is 6.07 Å². The van der Waals surface area contributed by atoms with Crippen molar-refractivity contribution in [2.45, 2.75) is 45.3 Å². The van der Waals surface area contributed by atoms with Gasteiger partial charge in [-0.25, -0.2) is 18.4 Å². The van der Waals surface area contributed by atoms with Crippen molar-refractivity contribution < 1.29 is 27.8 Å². The van der Waals surface area contributed by atoms with Crippen LogP contribution in [0.5, 0.6) is 0 Å². The number of halogens is 3. The number of rotatable bonds is 5. The number of ether oxygens (including phenoxy) is 2. The highest BCUT2D eigenvalue weighted by molar-refractivity contribution is 6.17. The molecule has 1 unspecified atom stereocenters. The van der Waals surface area contributed by atoms with Crippen LogP contribution < -0.4 is 5.32 Å². The Kier molecular flexibility index (Phi) is 6.90. The van der Waals surface area contributed by atoms with Crippen molar-refractivity contribution in [2.24, 2.45) is 0 Å². The molecule has 0 spiro atoms. The molecule has 0 saturated carbocycles. The largest absolute Gasteiger partial charge is 0.448 e. The number of alkyl carbamates (subject to hydrolysis) is 1. The smallest absolute Gasteiger partial charge is 0.408 e. The van der Waals surface area contributed by atoms with Crippen LogP contribution in [0.4, 0.5) is 13.6 Å². The SMILES string of the molecule is CC(C)(C)OC(=O)NC(CC(F)F)C(=O)OCCl. The van der Waals surface area contributed by atoms with Gasteiger partial charge in [-0.2, -0.15) is 0 Å². The Bertz CT molecular complexity index is 294. The lowest BCUT2D eigenvalue weighted by atomic mass is 10.2. The molecule has 8 heteroatoms. The van der Waals surface area contributed by atoms with E-state index in [-0.39, 0.29) is 0 Å². The van der Waals surface area contributed by atoms with E-state index in [9.17, 15) is 18.4 Å². The summed E-state index contributed by atoms with van der Waals surface area (Å²) in [5.41, 5.74) is -0.796. The third-order valence-corrected chi connectivity index (χ3v) is 1.70. The Morgan fingerprint density at radius 3 is 2.28 bits per heavy atom. The average Bonchev–Trinajstić information content (AvgIpc) is 2.13. The van der Waals surface area contributed by atoms with Gasteiger partial charge in [-0.05, 0) is 20.8 Å². The molecule has 0 heterocycles. The zero-order valence-electron chi connectivity index (χ0n) is 10.3. The third-order valence-electron chi connectivity index (χ3n) is 1.59.